The lowest BCUT2D eigenvalue weighted by Gasteiger charge is -1.99. The minimum Gasteiger partial charge on any atom is -0.366 e. The first kappa shape index (κ1) is 8.56. The Morgan fingerprint density at radius 2 is 1.86 bits per heavy atom. The highest BCUT2D eigenvalue weighted by Gasteiger charge is 2.09. The van der Waals surface area contributed by atoms with E-state index in [1.807, 2.05) is 30.3 Å². The van der Waals surface area contributed by atoms with Crippen molar-refractivity contribution in [3.8, 4) is 11.1 Å². The molecule has 0 bridgehead atoms. The Bertz CT molecular complexity index is 445. The lowest BCUT2D eigenvalue weighted by molar-refractivity contribution is 0.100. The van der Waals surface area contributed by atoms with Crippen molar-refractivity contribution >= 4 is 5.91 Å². The molecule has 0 atom stereocenters. The summed E-state index contributed by atoms with van der Waals surface area (Å²) in [4.78, 5) is 13.9. The summed E-state index contributed by atoms with van der Waals surface area (Å²) in [6.45, 7) is 0. The number of nitrogens with one attached hydrogen (secondary N) is 1. The topological polar surface area (TPSA) is 58.9 Å². The third-order valence-corrected chi connectivity index (χ3v) is 2.10. The molecule has 1 amide bonds. The zero-order chi connectivity index (χ0) is 9.97. The SMILES string of the molecule is NC(=O)c1c[nH]cc1-c1ccccc1. The van der Waals surface area contributed by atoms with Crippen LogP contribution in [0, 0.1) is 0 Å². The van der Waals surface area contributed by atoms with E-state index in [0.717, 1.165) is 11.1 Å². The van der Waals surface area contributed by atoms with Gasteiger partial charge in [0.2, 0.25) is 0 Å². The number of nitrogens with two attached hydrogens (primary N) is 1. The van der Waals surface area contributed by atoms with Crippen molar-refractivity contribution in [3.05, 3.63) is 48.3 Å². The average molecular weight is 186 g/mol. The van der Waals surface area contributed by atoms with Crippen molar-refractivity contribution in [2.24, 2.45) is 5.73 Å². The molecular formula is C11H10N2O. The molecule has 0 unspecified atom stereocenters. The molecule has 1 aromatic heterocycles. The average Bonchev–Trinajstić information content (AvgIpc) is 2.67. The third kappa shape index (κ3) is 1.40. The molecule has 0 aliphatic rings. The molecule has 70 valence electrons. The molecule has 2 aromatic rings. The van der Waals surface area contributed by atoms with E-state index >= 15 is 0 Å². The van der Waals surface area contributed by atoms with Gasteiger partial charge in [-0.05, 0) is 5.56 Å². The lowest BCUT2D eigenvalue weighted by atomic mass is 10.0. The van der Waals surface area contributed by atoms with Gasteiger partial charge in [0.1, 0.15) is 0 Å². The van der Waals surface area contributed by atoms with Crippen LogP contribution in [0.5, 0.6) is 0 Å². The van der Waals surface area contributed by atoms with Crippen LogP contribution in [0.2, 0.25) is 0 Å². The van der Waals surface area contributed by atoms with Crippen molar-refractivity contribution in [2.45, 2.75) is 0 Å². The molecule has 0 radical (unpaired) electrons. The van der Waals surface area contributed by atoms with Crippen LogP contribution >= 0.6 is 0 Å². The Labute approximate surface area is 81.6 Å². The van der Waals surface area contributed by atoms with Gasteiger partial charge in [0.25, 0.3) is 5.91 Å². The van der Waals surface area contributed by atoms with Crippen LogP contribution in [0.15, 0.2) is 42.7 Å². The van der Waals surface area contributed by atoms with E-state index in [2.05, 4.69) is 4.98 Å². The Morgan fingerprint density at radius 3 is 2.50 bits per heavy atom. The molecule has 0 aliphatic heterocycles. The Hall–Kier alpha value is -2.03. The first-order valence-corrected chi connectivity index (χ1v) is 4.31. The second-order valence-corrected chi connectivity index (χ2v) is 3.01. The summed E-state index contributed by atoms with van der Waals surface area (Å²) in [6.07, 6.45) is 3.39. The maximum absolute atomic E-state index is 11.1. The molecule has 3 nitrogen and oxygen atoms in total. The van der Waals surface area contributed by atoms with Crippen molar-refractivity contribution in [1.29, 1.82) is 0 Å². The fourth-order valence-electron chi connectivity index (χ4n) is 1.42. The number of hydrogen-bond acceptors (Lipinski definition) is 1. The van der Waals surface area contributed by atoms with Gasteiger partial charge in [-0.2, -0.15) is 0 Å². The van der Waals surface area contributed by atoms with E-state index in [1.54, 1.807) is 12.4 Å². The molecule has 1 heterocycles. The van der Waals surface area contributed by atoms with Crippen molar-refractivity contribution in [2.75, 3.05) is 0 Å². The van der Waals surface area contributed by atoms with Gasteiger partial charge in [0.05, 0.1) is 5.56 Å². The quantitative estimate of drug-likeness (QED) is 0.737. The van der Waals surface area contributed by atoms with E-state index in [1.165, 1.54) is 0 Å². The number of carbonyl (C=O) groups excluding carboxylic acids is 1. The fourth-order valence-corrected chi connectivity index (χ4v) is 1.42. The highest BCUT2D eigenvalue weighted by atomic mass is 16.1. The second-order valence-electron chi connectivity index (χ2n) is 3.01. The van der Waals surface area contributed by atoms with Crippen LogP contribution in [0.25, 0.3) is 11.1 Å². The van der Waals surface area contributed by atoms with E-state index in [9.17, 15) is 4.79 Å². The molecule has 3 N–H and O–H groups in total. The first-order chi connectivity index (χ1) is 6.79. The largest absolute Gasteiger partial charge is 0.366 e. The molecule has 3 heteroatoms. The summed E-state index contributed by atoms with van der Waals surface area (Å²) < 4.78 is 0. The molecule has 0 saturated heterocycles. The van der Waals surface area contributed by atoms with E-state index in [0.29, 0.717) is 5.56 Å². The molecule has 0 spiro atoms. The Morgan fingerprint density at radius 1 is 1.14 bits per heavy atom. The Kier molecular flexibility index (Phi) is 2.07. The number of primary amides is 1. The molecule has 0 fully saturated rings. The van der Waals surface area contributed by atoms with Gasteiger partial charge < -0.3 is 10.7 Å². The molecular weight excluding hydrogens is 176 g/mol. The monoisotopic (exact) mass is 186 g/mol. The van der Waals surface area contributed by atoms with Gasteiger partial charge in [-0.25, -0.2) is 0 Å². The second kappa shape index (κ2) is 3.38. The zero-order valence-electron chi connectivity index (χ0n) is 7.53. The number of rotatable bonds is 2. The molecule has 0 saturated carbocycles. The van der Waals surface area contributed by atoms with E-state index in [-0.39, 0.29) is 0 Å². The van der Waals surface area contributed by atoms with Crippen LogP contribution in [0.4, 0.5) is 0 Å². The van der Waals surface area contributed by atoms with Crippen molar-refractivity contribution in [1.82, 2.24) is 4.98 Å². The van der Waals surface area contributed by atoms with Gasteiger partial charge >= 0.3 is 0 Å². The molecule has 14 heavy (non-hydrogen) atoms. The number of hydrogen-bond donors (Lipinski definition) is 2. The van der Waals surface area contributed by atoms with Gasteiger partial charge in [-0.1, -0.05) is 30.3 Å². The summed E-state index contributed by atoms with van der Waals surface area (Å²) in [7, 11) is 0. The van der Waals surface area contributed by atoms with E-state index in [4.69, 9.17) is 5.73 Å². The van der Waals surface area contributed by atoms with Crippen LogP contribution in [-0.4, -0.2) is 10.9 Å². The number of H-pyrrole nitrogens is 1. The number of benzene rings is 1. The smallest absolute Gasteiger partial charge is 0.250 e. The van der Waals surface area contributed by atoms with Crippen LogP contribution < -0.4 is 5.73 Å². The van der Waals surface area contributed by atoms with Gasteiger partial charge in [0.15, 0.2) is 0 Å². The molecule has 2 rings (SSSR count). The summed E-state index contributed by atoms with van der Waals surface area (Å²) in [5.41, 5.74) is 7.60. The van der Waals surface area contributed by atoms with Crippen LogP contribution in [0.1, 0.15) is 10.4 Å². The minimum absolute atomic E-state index is 0.412. The summed E-state index contributed by atoms with van der Waals surface area (Å²) >= 11 is 0. The number of aromatic amines is 1. The lowest BCUT2D eigenvalue weighted by Crippen LogP contribution is -2.10. The normalized spacial score (nSPS) is 10.0. The summed E-state index contributed by atoms with van der Waals surface area (Å²) in [5.74, 6) is -0.412. The number of aromatic nitrogens is 1. The third-order valence-electron chi connectivity index (χ3n) is 2.10. The maximum atomic E-state index is 11.1. The molecule has 0 aliphatic carbocycles. The fraction of sp³-hybridized carbons (Fsp3) is 0. The van der Waals surface area contributed by atoms with Crippen molar-refractivity contribution in [3.63, 3.8) is 0 Å². The molecule has 1 aromatic carbocycles. The highest BCUT2D eigenvalue weighted by Crippen LogP contribution is 2.22. The van der Waals surface area contributed by atoms with Gasteiger partial charge in [-0.15, -0.1) is 0 Å². The zero-order valence-corrected chi connectivity index (χ0v) is 7.53. The predicted octanol–water partition coefficient (Wildman–Crippen LogP) is 1.78. The van der Waals surface area contributed by atoms with Crippen LogP contribution in [0.3, 0.4) is 0 Å². The Balaban J connectivity index is 2.52. The van der Waals surface area contributed by atoms with Gasteiger partial charge in [0, 0.05) is 18.0 Å². The number of carbonyl (C=O) groups is 1. The summed E-state index contributed by atoms with van der Waals surface area (Å²) in [6, 6.07) is 9.66. The van der Waals surface area contributed by atoms with Gasteiger partial charge in [-0.3, -0.25) is 4.79 Å². The minimum atomic E-state index is -0.412. The van der Waals surface area contributed by atoms with E-state index < -0.39 is 5.91 Å². The number of amides is 1. The summed E-state index contributed by atoms with van der Waals surface area (Å²) in [5, 5.41) is 0. The predicted molar refractivity (Wildman–Crippen MR) is 54.7 cm³/mol. The van der Waals surface area contributed by atoms with Crippen molar-refractivity contribution < 1.29 is 4.79 Å². The first-order valence-electron chi connectivity index (χ1n) is 4.31. The maximum Gasteiger partial charge on any atom is 0.250 e. The standard InChI is InChI=1S/C11H10N2O/c12-11(14)10-7-13-6-9(10)8-4-2-1-3-5-8/h1-7,13H,(H2,12,14). The van der Waals surface area contributed by atoms with Crippen LogP contribution in [-0.2, 0) is 0 Å². The highest BCUT2D eigenvalue weighted by molar-refractivity contribution is 5.99.